The number of ketones is 2. The SMILES string of the molecule is COC1=C(OC)C(=O)C(CC=Cc2ccccc2)=C(C)C1=O. The van der Waals surface area contributed by atoms with Crippen LogP contribution in [0, 0.1) is 0 Å². The lowest BCUT2D eigenvalue weighted by atomic mass is 9.91. The number of Topliss-reactive ketones (excluding diaryl/α,β-unsaturated/α-hetero) is 2. The Labute approximate surface area is 129 Å². The first-order chi connectivity index (χ1) is 10.6. The van der Waals surface area contributed by atoms with E-state index in [2.05, 4.69) is 0 Å². The fourth-order valence-corrected chi connectivity index (χ4v) is 2.31. The molecule has 0 atom stereocenters. The summed E-state index contributed by atoms with van der Waals surface area (Å²) in [6.07, 6.45) is 4.15. The Kier molecular flexibility index (Phi) is 4.94. The number of carbonyl (C=O) groups is 2. The fourth-order valence-electron chi connectivity index (χ4n) is 2.31. The molecular weight excluding hydrogens is 280 g/mol. The maximum Gasteiger partial charge on any atom is 0.228 e. The molecule has 0 radical (unpaired) electrons. The number of benzene rings is 1. The smallest absolute Gasteiger partial charge is 0.228 e. The second kappa shape index (κ2) is 6.89. The third-order valence-corrected chi connectivity index (χ3v) is 3.53. The van der Waals surface area contributed by atoms with Crippen molar-refractivity contribution in [2.45, 2.75) is 13.3 Å². The maximum atomic E-state index is 12.4. The number of methoxy groups -OCH3 is 2. The zero-order chi connectivity index (χ0) is 16.1. The molecule has 0 spiro atoms. The van der Waals surface area contributed by atoms with Crippen LogP contribution in [-0.4, -0.2) is 25.8 Å². The van der Waals surface area contributed by atoms with Gasteiger partial charge in [0.05, 0.1) is 14.2 Å². The van der Waals surface area contributed by atoms with Gasteiger partial charge in [-0.05, 0) is 18.9 Å². The lowest BCUT2D eigenvalue weighted by molar-refractivity contribution is -0.121. The number of hydrogen-bond donors (Lipinski definition) is 0. The van der Waals surface area contributed by atoms with E-state index in [1.54, 1.807) is 6.92 Å². The van der Waals surface area contributed by atoms with Crippen LogP contribution in [0.3, 0.4) is 0 Å². The Hall–Kier alpha value is -2.62. The molecule has 4 nitrogen and oxygen atoms in total. The monoisotopic (exact) mass is 298 g/mol. The van der Waals surface area contributed by atoms with Gasteiger partial charge in [0, 0.05) is 11.1 Å². The number of hydrogen-bond acceptors (Lipinski definition) is 4. The lowest BCUT2D eigenvalue weighted by Gasteiger charge is -2.19. The molecule has 1 aromatic carbocycles. The van der Waals surface area contributed by atoms with Crippen LogP contribution in [0.4, 0.5) is 0 Å². The Morgan fingerprint density at radius 1 is 0.955 bits per heavy atom. The summed E-state index contributed by atoms with van der Waals surface area (Å²) < 4.78 is 10.0. The predicted molar refractivity (Wildman–Crippen MR) is 83.9 cm³/mol. The number of allylic oxidation sites excluding steroid dienone is 3. The van der Waals surface area contributed by atoms with Gasteiger partial charge in [0.25, 0.3) is 0 Å². The van der Waals surface area contributed by atoms with Gasteiger partial charge in [-0.1, -0.05) is 42.5 Å². The van der Waals surface area contributed by atoms with Crippen LogP contribution in [0.2, 0.25) is 0 Å². The molecule has 2 rings (SSSR count). The van der Waals surface area contributed by atoms with E-state index in [0.717, 1.165) is 5.56 Å². The van der Waals surface area contributed by atoms with Crippen molar-refractivity contribution in [1.82, 2.24) is 0 Å². The van der Waals surface area contributed by atoms with Gasteiger partial charge in [-0.25, -0.2) is 0 Å². The van der Waals surface area contributed by atoms with Gasteiger partial charge in [-0.2, -0.15) is 0 Å². The highest BCUT2D eigenvalue weighted by molar-refractivity contribution is 6.23. The largest absolute Gasteiger partial charge is 0.489 e. The molecule has 0 heterocycles. The van der Waals surface area contributed by atoms with E-state index in [4.69, 9.17) is 9.47 Å². The molecule has 0 aromatic heterocycles. The minimum atomic E-state index is -0.304. The second-order valence-electron chi connectivity index (χ2n) is 4.85. The Morgan fingerprint density at radius 2 is 1.55 bits per heavy atom. The van der Waals surface area contributed by atoms with Crippen LogP contribution < -0.4 is 0 Å². The normalized spacial score (nSPS) is 15.8. The molecule has 114 valence electrons. The Balaban J connectivity index is 2.24. The van der Waals surface area contributed by atoms with Gasteiger partial charge >= 0.3 is 0 Å². The van der Waals surface area contributed by atoms with E-state index in [1.807, 2.05) is 42.5 Å². The molecular formula is C18H18O4. The van der Waals surface area contributed by atoms with Crippen molar-refractivity contribution in [3.05, 3.63) is 64.6 Å². The summed E-state index contributed by atoms with van der Waals surface area (Å²) in [5, 5.41) is 0. The molecule has 0 saturated heterocycles. The second-order valence-corrected chi connectivity index (χ2v) is 4.85. The summed E-state index contributed by atoms with van der Waals surface area (Å²) in [7, 11) is 2.71. The zero-order valence-corrected chi connectivity index (χ0v) is 12.9. The summed E-state index contributed by atoms with van der Waals surface area (Å²) in [6, 6.07) is 9.76. The summed E-state index contributed by atoms with van der Waals surface area (Å²) in [5.41, 5.74) is 1.88. The molecule has 0 amide bonds. The van der Waals surface area contributed by atoms with Crippen LogP contribution >= 0.6 is 0 Å². The fraction of sp³-hybridized carbons (Fsp3) is 0.222. The molecule has 4 heteroatoms. The first-order valence-corrected chi connectivity index (χ1v) is 6.93. The van der Waals surface area contributed by atoms with Crippen LogP contribution in [0.1, 0.15) is 18.9 Å². The zero-order valence-electron chi connectivity index (χ0n) is 12.9. The van der Waals surface area contributed by atoms with Crippen LogP contribution in [0.15, 0.2) is 59.1 Å². The van der Waals surface area contributed by atoms with E-state index in [-0.39, 0.29) is 23.1 Å². The van der Waals surface area contributed by atoms with E-state index in [9.17, 15) is 9.59 Å². The molecule has 1 aromatic rings. The quantitative estimate of drug-likeness (QED) is 0.784. The Morgan fingerprint density at radius 3 is 2.14 bits per heavy atom. The van der Waals surface area contributed by atoms with Crippen LogP contribution in [0.25, 0.3) is 6.08 Å². The van der Waals surface area contributed by atoms with Crippen molar-refractivity contribution >= 4 is 17.6 Å². The highest BCUT2D eigenvalue weighted by atomic mass is 16.5. The maximum absolute atomic E-state index is 12.4. The standard InChI is InChI=1S/C18H18O4/c1-12-14(11-7-10-13-8-5-4-6-9-13)16(20)18(22-3)17(21-2)15(12)19/h4-10H,11H2,1-3H3. The minimum absolute atomic E-state index is 0.0267. The number of ether oxygens (including phenoxy) is 2. The third kappa shape index (κ3) is 3.01. The van der Waals surface area contributed by atoms with Gasteiger partial charge in [0.1, 0.15) is 0 Å². The summed E-state index contributed by atoms with van der Waals surface area (Å²) in [4.78, 5) is 24.6. The van der Waals surface area contributed by atoms with Crippen LogP contribution in [-0.2, 0) is 19.1 Å². The van der Waals surface area contributed by atoms with Crippen molar-refractivity contribution < 1.29 is 19.1 Å². The van der Waals surface area contributed by atoms with Crippen LogP contribution in [0.5, 0.6) is 0 Å². The van der Waals surface area contributed by atoms with E-state index < -0.39 is 0 Å². The highest BCUT2D eigenvalue weighted by Gasteiger charge is 2.33. The highest BCUT2D eigenvalue weighted by Crippen LogP contribution is 2.27. The van der Waals surface area contributed by atoms with Gasteiger partial charge in [-0.15, -0.1) is 0 Å². The molecule has 0 fully saturated rings. The van der Waals surface area contributed by atoms with Crippen molar-refractivity contribution in [2.24, 2.45) is 0 Å². The molecule has 0 unspecified atom stereocenters. The lowest BCUT2D eigenvalue weighted by Crippen LogP contribution is -2.24. The topological polar surface area (TPSA) is 52.6 Å². The predicted octanol–water partition coefficient (Wildman–Crippen LogP) is 3.06. The summed E-state index contributed by atoms with van der Waals surface area (Å²) in [6.45, 7) is 1.64. The minimum Gasteiger partial charge on any atom is -0.489 e. The molecule has 0 N–H and O–H groups in total. The van der Waals surface area contributed by atoms with E-state index >= 15 is 0 Å². The third-order valence-electron chi connectivity index (χ3n) is 3.53. The molecule has 0 aliphatic heterocycles. The van der Waals surface area contributed by atoms with Gasteiger partial charge in [0.15, 0.2) is 0 Å². The van der Waals surface area contributed by atoms with Gasteiger partial charge < -0.3 is 9.47 Å². The number of rotatable bonds is 5. The van der Waals surface area contributed by atoms with Crippen molar-refractivity contribution in [3.8, 4) is 0 Å². The Bertz CT molecular complexity index is 678. The molecule has 0 bridgehead atoms. The van der Waals surface area contributed by atoms with Crippen molar-refractivity contribution in [2.75, 3.05) is 14.2 Å². The summed E-state index contributed by atoms with van der Waals surface area (Å²) >= 11 is 0. The van der Waals surface area contributed by atoms with Crippen molar-refractivity contribution in [3.63, 3.8) is 0 Å². The molecule has 22 heavy (non-hydrogen) atoms. The average molecular weight is 298 g/mol. The molecule has 0 saturated carbocycles. The summed E-state index contributed by atoms with van der Waals surface area (Å²) in [5.74, 6) is -0.654. The first kappa shape index (κ1) is 15.8. The van der Waals surface area contributed by atoms with Gasteiger partial charge in [-0.3, -0.25) is 9.59 Å². The van der Waals surface area contributed by atoms with E-state index in [1.165, 1.54) is 14.2 Å². The number of carbonyl (C=O) groups excluding carboxylic acids is 2. The molecule has 1 aliphatic carbocycles. The van der Waals surface area contributed by atoms with Crippen molar-refractivity contribution in [1.29, 1.82) is 0 Å². The average Bonchev–Trinajstić information content (AvgIpc) is 2.54. The molecule has 1 aliphatic rings. The van der Waals surface area contributed by atoms with Gasteiger partial charge in [0.2, 0.25) is 23.1 Å². The van der Waals surface area contributed by atoms with E-state index in [0.29, 0.717) is 17.6 Å². The first-order valence-electron chi connectivity index (χ1n) is 6.93.